The number of sulfonamides is 1. The quantitative estimate of drug-likeness (QED) is 0.579. The van der Waals surface area contributed by atoms with Gasteiger partial charge in [0.2, 0.25) is 16.6 Å². The van der Waals surface area contributed by atoms with Gasteiger partial charge in [0.15, 0.2) is 0 Å². The molecule has 0 fully saturated rings. The van der Waals surface area contributed by atoms with E-state index in [1.165, 1.54) is 25.9 Å². The van der Waals surface area contributed by atoms with Crippen LogP contribution in [0.1, 0.15) is 26.7 Å². The van der Waals surface area contributed by atoms with Crippen LogP contribution in [-0.4, -0.2) is 63.2 Å². The van der Waals surface area contributed by atoms with Crippen molar-refractivity contribution in [3.63, 3.8) is 0 Å². The van der Waals surface area contributed by atoms with Crippen LogP contribution in [0.5, 0.6) is 0 Å². The van der Waals surface area contributed by atoms with Crippen LogP contribution in [0.15, 0.2) is 0 Å². The minimum absolute atomic E-state index is 0.183. The van der Waals surface area contributed by atoms with E-state index in [9.17, 15) is 13.2 Å². The molecule has 0 spiro atoms. The van der Waals surface area contributed by atoms with Gasteiger partial charge in [-0.3, -0.25) is 9.46 Å². The second-order valence-corrected chi connectivity index (χ2v) is 10.8. The lowest BCUT2D eigenvalue weighted by Crippen LogP contribution is -2.37. The highest BCUT2D eigenvalue weighted by Crippen LogP contribution is 2.55. The maximum Gasteiger partial charge on any atom is 0.254 e. The van der Waals surface area contributed by atoms with Crippen LogP contribution in [0.25, 0.3) is 0 Å². The zero-order valence-electron chi connectivity index (χ0n) is 13.4. The molecule has 2 atom stereocenters. The normalized spacial score (nSPS) is 16.5. The number of rotatable bonds is 9. The number of hydrogen-bond donors (Lipinski definition) is 0. The van der Waals surface area contributed by atoms with Gasteiger partial charge in [-0.05, 0) is 25.2 Å². The lowest BCUT2D eigenvalue weighted by Gasteiger charge is -2.38. The predicted octanol–water partition coefficient (Wildman–Crippen LogP) is 1.41. The molecule has 0 aliphatic carbocycles. The van der Waals surface area contributed by atoms with Crippen molar-refractivity contribution in [3.8, 4) is 0 Å². The maximum atomic E-state index is 12.0. The van der Waals surface area contributed by atoms with E-state index < -0.39 is 22.5 Å². The topological polar surface area (TPSA) is 76.2 Å². The fraction of sp³-hybridized carbons (Fsp3) is 0.909. The smallest absolute Gasteiger partial charge is 0.254 e. The van der Waals surface area contributed by atoms with Gasteiger partial charge in [-0.1, -0.05) is 13.3 Å². The molecular weight excluding hydrogens is 335 g/mol. The van der Waals surface area contributed by atoms with E-state index in [4.69, 9.17) is 21.1 Å². The Morgan fingerprint density at radius 1 is 1.38 bits per heavy atom. The van der Waals surface area contributed by atoms with Gasteiger partial charge in [0.05, 0.1) is 12.4 Å². The maximum absolute atomic E-state index is 12.0. The number of nitrogens with zero attached hydrogens (tertiary/aromatic N) is 2. The number of methoxy groups -OCH3 is 1. The Labute approximate surface area is 132 Å². The van der Waals surface area contributed by atoms with Crippen molar-refractivity contribution < 1.29 is 22.5 Å². The van der Waals surface area contributed by atoms with E-state index in [2.05, 4.69) is 0 Å². The average molecular weight is 360 g/mol. The molecular formula is C11H25N2O5PS2. The minimum Gasteiger partial charge on any atom is -0.375 e. The SMILES string of the molecule is CCCC(C)OP(=S)(N(C)C(=O)COC)N(C)S(C)(=O)=O. The molecule has 10 heteroatoms. The third-order valence-electron chi connectivity index (χ3n) is 2.86. The van der Waals surface area contributed by atoms with Crippen molar-refractivity contribution in [3.05, 3.63) is 0 Å². The monoisotopic (exact) mass is 360 g/mol. The van der Waals surface area contributed by atoms with Gasteiger partial charge < -0.3 is 9.26 Å². The Balaban J connectivity index is 5.56. The first-order valence-corrected chi connectivity index (χ1v) is 11.0. The summed E-state index contributed by atoms with van der Waals surface area (Å²) >= 11 is 5.46. The fourth-order valence-electron chi connectivity index (χ4n) is 1.56. The molecule has 0 saturated heterocycles. The summed E-state index contributed by atoms with van der Waals surface area (Å²) in [6.07, 6.45) is 2.39. The number of likely N-dealkylation sites (N-methyl/N-ethyl adjacent to an activating group) is 1. The van der Waals surface area contributed by atoms with Crippen LogP contribution in [0.4, 0.5) is 0 Å². The Hall–Kier alpha value is -0.0500. The average Bonchev–Trinajstić information content (AvgIpc) is 2.36. The highest BCUT2D eigenvalue weighted by atomic mass is 32.5. The van der Waals surface area contributed by atoms with Gasteiger partial charge in [-0.25, -0.2) is 8.42 Å². The van der Waals surface area contributed by atoms with Crippen molar-refractivity contribution >= 4 is 34.3 Å². The Morgan fingerprint density at radius 2 is 1.90 bits per heavy atom. The zero-order valence-corrected chi connectivity index (χ0v) is 15.9. The highest BCUT2D eigenvalue weighted by Gasteiger charge is 2.38. The van der Waals surface area contributed by atoms with E-state index in [0.29, 0.717) is 0 Å². The molecule has 0 aliphatic rings. The summed E-state index contributed by atoms with van der Waals surface area (Å²) in [7, 11) is 0.575. The Morgan fingerprint density at radius 3 is 2.29 bits per heavy atom. The second kappa shape index (κ2) is 8.55. The molecule has 21 heavy (non-hydrogen) atoms. The minimum atomic E-state index is -3.60. The molecule has 7 nitrogen and oxygen atoms in total. The van der Waals surface area contributed by atoms with Crippen LogP contribution >= 0.6 is 6.57 Å². The van der Waals surface area contributed by atoms with Crippen molar-refractivity contribution in [1.29, 1.82) is 0 Å². The van der Waals surface area contributed by atoms with E-state index in [1.807, 2.05) is 13.8 Å². The zero-order chi connectivity index (χ0) is 16.8. The van der Waals surface area contributed by atoms with Crippen molar-refractivity contribution in [1.82, 2.24) is 8.75 Å². The summed E-state index contributed by atoms with van der Waals surface area (Å²) in [5, 5.41) is 0. The number of amides is 1. The van der Waals surface area contributed by atoms with Gasteiger partial charge in [0.25, 0.3) is 5.91 Å². The lowest BCUT2D eigenvalue weighted by atomic mass is 10.2. The largest absolute Gasteiger partial charge is 0.375 e. The highest BCUT2D eigenvalue weighted by molar-refractivity contribution is 8.14. The first kappa shape index (κ1) is 20.9. The van der Waals surface area contributed by atoms with Gasteiger partial charge in [-0.15, -0.1) is 4.08 Å². The van der Waals surface area contributed by atoms with Crippen LogP contribution in [0.2, 0.25) is 0 Å². The Kier molecular flexibility index (Phi) is 8.53. The number of carbonyl (C=O) groups is 1. The molecule has 0 bridgehead atoms. The molecule has 0 aromatic heterocycles. The van der Waals surface area contributed by atoms with Gasteiger partial charge >= 0.3 is 0 Å². The number of hydrogen-bond acceptors (Lipinski definition) is 6. The summed E-state index contributed by atoms with van der Waals surface area (Å²) < 4.78 is 36.5. The molecule has 0 aromatic carbocycles. The van der Waals surface area contributed by atoms with Crippen LogP contribution < -0.4 is 0 Å². The number of carbonyl (C=O) groups excluding carboxylic acids is 1. The fourth-order valence-corrected chi connectivity index (χ4v) is 6.88. The molecule has 2 unspecified atom stereocenters. The van der Waals surface area contributed by atoms with Gasteiger partial charge in [0, 0.05) is 21.2 Å². The Bertz CT molecular complexity index is 497. The lowest BCUT2D eigenvalue weighted by molar-refractivity contribution is -0.129. The molecule has 0 aliphatic heterocycles. The summed E-state index contributed by atoms with van der Waals surface area (Å²) in [6.45, 7) is 0.410. The summed E-state index contributed by atoms with van der Waals surface area (Å²) in [6, 6.07) is 0. The van der Waals surface area contributed by atoms with Crippen molar-refractivity contribution in [2.75, 3.05) is 34.1 Å². The molecule has 0 aromatic rings. The molecule has 0 radical (unpaired) electrons. The molecule has 0 heterocycles. The van der Waals surface area contributed by atoms with Crippen LogP contribution in [-0.2, 0) is 35.9 Å². The first-order chi connectivity index (χ1) is 9.50. The number of ether oxygens (including phenoxy) is 1. The summed E-state index contributed by atoms with van der Waals surface area (Å²) in [5.74, 6) is -0.417. The third kappa shape index (κ3) is 5.92. The summed E-state index contributed by atoms with van der Waals surface area (Å²) in [4.78, 5) is 12.0. The molecule has 0 rings (SSSR count). The molecule has 126 valence electrons. The van der Waals surface area contributed by atoms with Crippen molar-refractivity contribution in [2.45, 2.75) is 32.8 Å². The van der Waals surface area contributed by atoms with Crippen LogP contribution in [0.3, 0.4) is 0 Å². The molecule has 1 amide bonds. The predicted molar refractivity (Wildman–Crippen MR) is 87.0 cm³/mol. The summed E-state index contributed by atoms with van der Waals surface area (Å²) in [5.41, 5.74) is 0. The third-order valence-corrected chi connectivity index (χ3v) is 9.74. The second-order valence-electron chi connectivity index (χ2n) is 4.74. The first-order valence-electron chi connectivity index (χ1n) is 6.49. The molecule has 0 N–H and O–H groups in total. The van der Waals surface area contributed by atoms with Gasteiger partial charge in [0.1, 0.15) is 6.61 Å². The van der Waals surface area contributed by atoms with E-state index >= 15 is 0 Å². The van der Waals surface area contributed by atoms with E-state index in [1.54, 1.807) is 0 Å². The van der Waals surface area contributed by atoms with Crippen LogP contribution in [0, 0.1) is 0 Å². The van der Waals surface area contributed by atoms with E-state index in [-0.39, 0.29) is 12.7 Å². The molecule has 0 saturated carbocycles. The van der Waals surface area contributed by atoms with Gasteiger partial charge in [-0.2, -0.15) is 0 Å². The van der Waals surface area contributed by atoms with Crippen molar-refractivity contribution in [2.24, 2.45) is 0 Å². The van der Waals surface area contributed by atoms with E-state index in [0.717, 1.165) is 23.2 Å². The standard InChI is InChI=1S/C11H25N2O5PS2/c1-7-8-10(2)18-19(20,13(4)21(6,15)16)12(3)11(14)9-17-5/h10H,7-9H2,1-6H3.